The van der Waals surface area contributed by atoms with Crippen LogP contribution in [-0.2, 0) is 10.2 Å². The van der Waals surface area contributed by atoms with Crippen LogP contribution in [0.2, 0.25) is 5.02 Å². The van der Waals surface area contributed by atoms with Gasteiger partial charge in [-0.3, -0.25) is 9.78 Å². The van der Waals surface area contributed by atoms with Crippen LogP contribution in [0.5, 0.6) is 5.88 Å². The van der Waals surface area contributed by atoms with Crippen LogP contribution in [-0.4, -0.2) is 67.2 Å². The van der Waals surface area contributed by atoms with E-state index in [1.165, 1.54) is 6.07 Å². The van der Waals surface area contributed by atoms with Gasteiger partial charge in [-0.1, -0.05) is 11.6 Å². The number of halogens is 2. The molecule has 0 saturated carbocycles. The lowest BCUT2D eigenvalue weighted by Crippen LogP contribution is -2.54. The van der Waals surface area contributed by atoms with Gasteiger partial charge in [-0.2, -0.15) is 5.26 Å². The highest BCUT2D eigenvalue weighted by Crippen LogP contribution is 2.40. The average molecular weight is 565 g/mol. The highest BCUT2D eigenvalue weighted by atomic mass is 35.5. The number of hydrogen-bond acceptors (Lipinski definition) is 7. The van der Waals surface area contributed by atoms with Crippen molar-refractivity contribution in [1.82, 2.24) is 20.2 Å². The fourth-order valence-corrected chi connectivity index (χ4v) is 5.50. The number of nitriles is 1. The number of carbonyl (C=O) groups excluding carboxylic acids is 1. The third kappa shape index (κ3) is 6.19. The molecule has 1 fully saturated rings. The van der Waals surface area contributed by atoms with E-state index in [0.717, 1.165) is 5.69 Å². The molecule has 1 aliphatic rings. The molecule has 0 bridgehead atoms. The van der Waals surface area contributed by atoms with Crippen molar-refractivity contribution in [2.45, 2.75) is 38.1 Å². The largest absolute Gasteiger partial charge is 0.477 e. The van der Waals surface area contributed by atoms with Gasteiger partial charge in [0.25, 0.3) is 0 Å². The van der Waals surface area contributed by atoms with E-state index in [4.69, 9.17) is 16.3 Å². The molecule has 1 N–H and O–H groups in total. The maximum atomic E-state index is 15.7. The number of nitrogens with zero attached hydrogens (tertiary/aromatic N) is 5. The number of carbonyl (C=O) groups is 1. The predicted octanol–water partition coefficient (Wildman–Crippen LogP) is 4.81. The van der Waals surface area contributed by atoms with Gasteiger partial charge in [0.15, 0.2) is 0 Å². The van der Waals surface area contributed by atoms with Gasteiger partial charge in [0.2, 0.25) is 11.8 Å². The molecule has 210 valence electrons. The van der Waals surface area contributed by atoms with E-state index in [2.05, 4.69) is 26.3 Å². The second-order valence-electron chi connectivity index (χ2n) is 10.3. The number of pyridine rings is 2. The number of amides is 1. The lowest BCUT2D eigenvalue weighted by molar-refractivity contribution is -0.128. The number of aromatic nitrogens is 2. The molecule has 1 amide bonds. The van der Waals surface area contributed by atoms with Crippen LogP contribution in [0, 0.1) is 17.1 Å². The number of hydrogen-bond donors (Lipinski definition) is 1. The third-order valence-electron chi connectivity index (χ3n) is 7.19. The predicted molar refractivity (Wildman–Crippen MR) is 154 cm³/mol. The summed E-state index contributed by atoms with van der Waals surface area (Å²) in [5, 5.41) is 13.3. The highest BCUT2D eigenvalue weighted by Gasteiger charge is 2.44. The molecule has 4 rings (SSSR count). The Hall–Kier alpha value is -3.74. The molecular formula is C30H34ClFN6O2. The van der Waals surface area contributed by atoms with Gasteiger partial charge in [-0.15, -0.1) is 0 Å². The Labute approximate surface area is 239 Å². The fourth-order valence-electron chi connectivity index (χ4n) is 5.33. The average Bonchev–Trinajstić information content (AvgIpc) is 2.93. The summed E-state index contributed by atoms with van der Waals surface area (Å²) in [6, 6.07) is 12.2. The first-order valence-corrected chi connectivity index (χ1v) is 13.7. The summed E-state index contributed by atoms with van der Waals surface area (Å²) < 4.78 is 21.3. The van der Waals surface area contributed by atoms with E-state index in [1.807, 2.05) is 38.9 Å². The van der Waals surface area contributed by atoms with E-state index in [1.54, 1.807) is 36.7 Å². The lowest BCUT2D eigenvalue weighted by atomic mass is 9.72. The minimum atomic E-state index is -1.000. The topological polar surface area (TPSA) is 94.4 Å². The molecule has 1 aliphatic heterocycles. The van der Waals surface area contributed by atoms with Crippen molar-refractivity contribution in [3.63, 3.8) is 0 Å². The van der Waals surface area contributed by atoms with Gasteiger partial charge in [0.05, 0.1) is 28.8 Å². The van der Waals surface area contributed by atoms with Gasteiger partial charge >= 0.3 is 0 Å². The number of anilines is 1. The van der Waals surface area contributed by atoms with Gasteiger partial charge in [0, 0.05) is 43.1 Å². The highest BCUT2D eigenvalue weighted by molar-refractivity contribution is 6.30. The smallest absolute Gasteiger partial charge is 0.231 e. The summed E-state index contributed by atoms with van der Waals surface area (Å²) in [5.74, 6) is -0.408. The van der Waals surface area contributed by atoms with E-state index < -0.39 is 11.2 Å². The number of nitrogens with one attached hydrogen (secondary N) is 1. The summed E-state index contributed by atoms with van der Waals surface area (Å²) in [4.78, 5) is 26.7. The van der Waals surface area contributed by atoms with E-state index in [9.17, 15) is 10.1 Å². The van der Waals surface area contributed by atoms with E-state index in [-0.39, 0.29) is 17.6 Å². The van der Waals surface area contributed by atoms with Gasteiger partial charge in [0.1, 0.15) is 17.6 Å². The van der Waals surface area contributed by atoms with Crippen LogP contribution in [0.4, 0.5) is 10.1 Å². The zero-order valence-corrected chi connectivity index (χ0v) is 24.0. The summed E-state index contributed by atoms with van der Waals surface area (Å²) in [6.07, 6.45) is 4.01. The number of likely N-dealkylation sites (N-methyl/N-ethyl adjacent to an activating group) is 1. The molecule has 1 atom stereocenters. The second-order valence-corrected chi connectivity index (χ2v) is 10.8. The number of ether oxygens (including phenoxy) is 1. The number of piperidine rings is 1. The SMILES string of the molecule is CCOc1ncccc1-c1ncc(C2(C(=O)NC(C)CN(C)C)CCN(c3ccc(Cl)cc3C#N)CC2)cc1F. The summed E-state index contributed by atoms with van der Waals surface area (Å²) in [7, 11) is 3.89. The van der Waals surface area contributed by atoms with Crippen LogP contribution in [0.3, 0.4) is 0 Å². The molecule has 1 saturated heterocycles. The number of rotatable bonds is 9. The molecule has 3 aromatic rings. The Morgan fingerprint density at radius 2 is 2.02 bits per heavy atom. The molecule has 0 aliphatic carbocycles. The maximum absolute atomic E-state index is 15.7. The molecule has 40 heavy (non-hydrogen) atoms. The number of benzene rings is 1. The summed E-state index contributed by atoms with van der Waals surface area (Å²) >= 11 is 6.10. The quantitative estimate of drug-likeness (QED) is 0.398. The normalized spacial score (nSPS) is 15.4. The summed E-state index contributed by atoms with van der Waals surface area (Å²) in [6.45, 7) is 5.82. The van der Waals surface area contributed by atoms with Crippen LogP contribution in [0.25, 0.3) is 11.3 Å². The minimum absolute atomic E-state index is 0.111. The molecule has 0 spiro atoms. The van der Waals surface area contributed by atoms with Crippen molar-refractivity contribution in [2.75, 3.05) is 45.2 Å². The molecular weight excluding hydrogens is 531 g/mol. The van der Waals surface area contributed by atoms with Crippen LogP contribution in [0.1, 0.15) is 37.8 Å². The first-order chi connectivity index (χ1) is 19.2. The van der Waals surface area contributed by atoms with Crippen LogP contribution in [0.15, 0.2) is 48.8 Å². The molecule has 2 aromatic heterocycles. The Morgan fingerprint density at radius 3 is 2.67 bits per heavy atom. The minimum Gasteiger partial charge on any atom is -0.477 e. The molecule has 8 nitrogen and oxygen atoms in total. The summed E-state index contributed by atoms with van der Waals surface area (Å²) in [5.41, 5.74) is 1.33. The van der Waals surface area contributed by atoms with Crippen LogP contribution >= 0.6 is 11.6 Å². The lowest BCUT2D eigenvalue weighted by Gasteiger charge is -2.42. The first kappa shape index (κ1) is 29.2. The van der Waals surface area contributed by atoms with Crippen molar-refractivity contribution in [1.29, 1.82) is 5.26 Å². The van der Waals surface area contributed by atoms with Crippen molar-refractivity contribution in [2.24, 2.45) is 0 Å². The monoisotopic (exact) mass is 564 g/mol. The molecule has 10 heteroatoms. The van der Waals surface area contributed by atoms with Crippen molar-refractivity contribution >= 4 is 23.2 Å². The molecule has 1 aromatic carbocycles. The van der Waals surface area contributed by atoms with Gasteiger partial charge in [-0.05, 0) is 82.7 Å². The Balaban J connectivity index is 1.69. The first-order valence-electron chi connectivity index (χ1n) is 13.3. The fraction of sp³-hybridized carbons (Fsp3) is 0.400. The molecule has 1 unspecified atom stereocenters. The zero-order chi connectivity index (χ0) is 28.9. The maximum Gasteiger partial charge on any atom is 0.231 e. The molecule has 0 radical (unpaired) electrons. The second kappa shape index (κ2) is 12.6. The van der Waals surface area contributed by atoms with Crippen molar-refractivity contribution in [3.05, 3.63) is 70.8 Å². The zero-order valence-electron chi connectivity index (χ0n) is 23.2. The Kier molecular flexibility index (Phi) is 9.23. The van der Waals surface area contributed by atoms with E-state index in [0.29, 0.717) is 66.7 Å². The Bertz CT molecular complexity index is 1400. The molecule has 3 heterocycles. The van der Waals surface area contributed by atoms with Crippen molar-refractivity contribution < 1.29 is 13.9 Å². The Morgan fingerprint density at radius 1 is 1.27 bits per heavy atom. The van der Waals surface area contributed by atoms with Gasteiger partial charge in [-0.25, -0.2) is 9.37 Å². The van der Waals surface area contributed by atoms with Crippen LogP contribution < -0.4 is 15.0 Å². The van der Waals surface area contributed by atoms with Crippen molar-refractivity contribution in [3.8, 4) is 23.2 Å². The van der Waals surface area contributed by atoms with E-state index >= 15 is 4.39 Å². The standard InChI is InChI=1S/C30H34ClFN6O2/c1-5-40-28-24(7-6-12-34-28)27-25(32)16-22(18-35-27)30(29(39)36-20(2)19-37(3)4)10-13-38(14-11-30)26-9-8-23(31)15-21(26)17-33/h6-9,12,15-16,18,20H,5,10-11,13-14,19H2,1-4H3,(H,36,39). The van der Waals surface area contributed by atoms with Gasteiger partial charge < -0.3 is 19.9 Å². The third-order valence-corrected chi connectivity index (χ3v) is 7.42.